The Balaban J connectivity index is 2.07. The predicted octanol–water partition coefficient (Wildman–Crippen LogP) is 1.18. The van der Waals surface area contributed by atoms with Crippen molar-refractivity contribution in [3.8, 4) is 6.07 Å². The van der Waals surface area contributed by atoms with Gasteiger partial charge in [0.2, 0.25) is 5.95 Å². The molecule has 0 saturated heterocycles. The lowest BCUT2D eigenvalue weighted by Crippen LogP contribution is -2.31. The molecule has 0 aromatic carbocycles. The summed E-state index contributed by atoms with van der Waals surface area (Å²) in [6, 6.07) is 2.12. The lowest BCUT2D eigenvalue weighted by molar-refractivity contribution is 0.211. The maximum atomic E-state index is 12.7. The number of aromatic nitrogens is 4. The van der Waals surface area contributed by atoms with E-state index in [1.165, 1.54) is 6.33 Å². The Bertz CT molecular complexity index is 910. The zero-order valence-corrected chi connectivity index (χ0v) is 17.0. The average molecular weight is 411 g/mol. The summed E-state index contributed by atoms with van der Waals surface area (Å²) in [5.41, 5.74) is 5.84. The van der Waals surface area contributed by atoms with Gasteiger partial charge in [-0.1, -0.05) is 0 Å². The predicted molar refractivity (Wildman–Crippen MR) is 105 cm³/mol. The highest BCUT2D eigenvalue weighted by Crippen LogP contribution is 2.47. The van der Waals surface area contributed by atoms with E-state index in [2.05, 4.69) is 21.0 Å². The molecule has 0 saturated carbocycles. The highest BCUT2D eigenvalue weighted by atomic mass is 31.2. The SMILES string of the molecule is CCOP(=O)(CCN(CCC#N)CCn1cnc2c(=O)[nH]c(N)nc21)OCC. The molecule has 0 aliphatic rings. The minimum atomic E-state index is -3.16. The van der Waals surface area contributed by atoms with Crippen LogP contribution in [0.1, 0.15) is 20.3 Å². The summed E-state index contributed by atoms with van der Waals surface area (Å²) in [6.45, 7) is 6.12. The van der Waals surface area contributed by atoms with Crippen molar-refractivity contribution in [2.45, 2.75) is 26.8 Å². The van der Waals surface area contributed by atoms with E-state index in [0.29, 0.717) is 51.5 Å². The molecule has 2 rings (SSSR count). The third kappa shape index (κ3) is 5.87. The van der Waals surface area contributed by atoms with Gasteiger partial charge >= 0.3 is 7.60 Å². The zero-order valence-electron chi connectivity index (χ0n) is 16.1. The van der Waals surface area contributed by atoms with Gasteiger partial charge in [0.05, 0.1) is 31.8 Å². The molecule has 0 fully saturated rings. The third-order valence-corrected chi connectivity index (χ3v) is 6.08. The molecule has 12 heteroatoms. The molecule has 0 bridgehead atoms. The molecule has 2 heterocycles. The van der Waals surface area contributed by atoms with Crippen molar-refractivity contribution < 1.29 is 13.6 Å². The van der Waals surface area contributed by atoms with Crippen molar-refractivity contribution in [1.82, 2.24) is 24.4 Å². The van der Waals surface area contributed by atoms with Crippen LogP contribution in [0.4, 0.5) is 5.95 Å². The number of nitriles is 1. The molecule has 0 aliphatic heterocycles. The van der Waals surface area contributed by atoms with Gasteiger partial charge in [-0.05, 0) is 13.8 Å². The maximum Gasteiger partial charge on any atom is 0.331 e. The van der Waals surface area contributed by atoms with E-state index in [0.717, 1.165) is 0 Å². The number of nitrogens with two attached hydrogens (primary N) is 1. The highest BCUT2D eigenvalue weighted by molar-refractivity contribution is 7.53. The molecule has 154 valence electrons. The van der Waals surface area contributed by atoms with Gasteiger partial charge in [0.1, 0.15) is 0 Å². The molecular formula is C16H26N7O4P. The quantitative estimate of drug-likeness (QED) is 0.490. The fraction of sp³-hybridized carbons (Fsp3) is 0.625. The lowest BCUT2D eigenvalue weighted by Gasteiger charge is -2.24. The standard InChI is InChI=1S/C16H26N7O4P/c1-3-26-28(25,27-4-2)11-10-22(7-5-6-17)8-9-23-12-19-13-14(23)20-16(18)21-15(13)24/h12H,3-5,7-11H2,1-2H3,(H3,18,20,21,24). The van der Waals surface area contributed by atoms with Crippen LogP contribution in [0.3, 0.4) is 0 Å². The topological polar surface area (TPSA) is 152 Å². The molecule has 3 N–H and O–H groups in total. The van der Waals surface area contributed by atoms with E-state index in [1.807, 2.05) is 4.90 Å². The lowest BCUT2D eigenvalue weighted by atomic mass is 10.4. The minimum absolute atomic E-state index is 0.0231. The van der Waals surface area contributed by atoms with Gasteiger partial charge in [-0.25, -0.2) is 4.98 Å². The molecule has 2 aromatic heterocycles. The van der Waals surface area contributed by atoms with Crippen LogP contribution < -0.4 is 11.3 Å². The minimum Gasteiger partial charge on any atom is -0.369 e. The van der Waals surface area contributed by atoms with Crippen molar-refractivity contribution in [3.63, 3.8) is 0 Å². The van der Waals surface area contributed by atoms with E-state index in [-0.39, 0.29) is 17.6 Å². The Morgan fingerprint density at radius 1 is 1.32 bits per heavy atom. The van der Waals surface area contributed by atoms with Crippen LogP contribution in [0.2, 0.25) is 0 Å². The first-order valence-corrected chi connectivity index (χ1v) is 10.8. The van der Waals surface area contributed by atoms with E-state index in [9.17, 15) is 9.36 Å². The Morgan fingerprint density at radius 2 is 2.04 bits per heavy atom. The fourth-order valence-corrected chi connectivity index (χ4v) is 4.40. The Labute approximate surface area is 163 Å². The van der Waals surface area contributed by atoms with Crippen LogP contribution in [0.5, 0.6) is 0 Å². The van der Waals surface area contributed by atoms with Gasteiger partial charge in [0, 0.05) is 32.6 Å². The summed E-state index contributed by atoms with van der Waals surface area (Å²) < 4.78 is 25.0. The van der Waals surface area contributed by atoms with Crippen molar-refractivity contribution in [1.29, 1.82) is 5.26 Å². The summed E-state index contributed by atoms with van der Waals surface area (Å²) in [7, 11) is -3.16. The number of H-pyrrole nitrogens is 1. The number of hydrogen-bond donors (Lipinski definition) is 2. The molecule has 0 amide bonds. The number of nitrogens with one attached hydrogen (secondary N) is 1. The number of anilines is 1. The number of nitrogen functional groups attached to an aromatic ring is 1. The van der Waals surface area contributed by atoms with Gasteiger partial charge < -0.3 is 19.3 Å². The maximum absolute atomic E-state index is 12.7. The van der Waals surface area contributed by atoms with E-state index >= 15 is 0 Å². The van der Waals surface area contributed by atoms with Gasteiger partial charge in [-0.2, -0.15) is 10.2 Å². The van der Waals surface area contributed by atoms with E-state index in [1.54, 1.807) is 18.4 Å². The largest absolute Gasteiger partial charge is 0.369 e. The van der Waals surface area contributed by atoms with Gasteiger partial charge in [0.15, 0.2) is 11.2 Å². The van der Waals surface area contributed by atoms with Crippen LogP contribution in [-0.2, 0) is 20.2 Å². The number of hydrogen-bond acceptors (Lipinski definition) is 9. The van der Waals surface area contributed by atoms with Crippen LogP contribution >= 0.6 is 7.60 Å². The van der Waals surface area contributed by atoms with Gasteiger partial charge in [-0.15, -0.1) is 0 Å². The molecule has 28 heavy (non-hydrogen) atoms. The van der Waals surface area contributed by atoms with Crippen molar-refractivity contribution in [2.24, 2.45) is 0 Å². The molecular weight excluding hydrogens is 385 g/mol. The van der Waals surface area contributed by atoms with Gasteiger partial charge in [-0.3, -0.25) is 19.2 Å². The number of aromatic amines is 1. The summed E-state index contributed by atoms with van der Waals surface area (Å²) in [5.74, 6) is 0.0231. The van der Waals surface area contributed by atoms with Crippen LogP contribution in [0.15, 0.2) is 11.1 Å². The average Bonchev–Trinajstić information content (AvgIpc) is 3.04. The summed E-state index contributed by atoms with van der Waals surface area (Å²) in [4.78, 5) is 24.5. The molecule has 0 unspecified atom stereocenters. The number of imidazole rings is 1. The molecule has 0 aliphatic carbocycles. The Morgan fingerprint density at radius 3 is 2.68 bits per heavy atom. The summed E-state index contributed by atoms with van der Waals surface area (Å²) >= 11 is 0. The Kier molecular flexibility index (Phi) is 8.14. The zero-order chi connectivity index (χ0) is 20.6. The molecule has 2 aromatic rings. The van der Waals surface area contributed by atoms with Crippen molar-refractivity contribution >= 4 is 24.7 Å². The molecule has 0 atom stereocenters. The number of fused-ring (bicyclic) bond motifs is 1. The van der Waals surface area contributed by atoms with E-state index in [4.69, 9.17) is 20.0 Å². The van der Waals surface area contributed by atoms with E-state index < -0.39 is 13.2 Å². The second-order valence-corrected chi connectivity index (χ2v) is 8.17. The molecule has 11 nitrogen and oxygen atoms in total. The summed E-state index contributed by atoms with van der Waals surface area (Å²) in [6.07, 6.45) is 2.10. The fourth-order valence-electron chi connectivity index (χ4n) is 2.75. The van der Waals surface area contributed by atoms with Crippen molar-refractivity contribution in [3.05, 3.63) is 16.7 Å². The monoisotopic (exact) mass is 411 g/mol. The molecule has 0 spiro atoms. The number of nitrogens with zero attached hydrogens (tertiary/aromatic N) is 5. The third-order valence-electron chi connectivity index (χ3n) is 4.03. The van der Waals surface area contributed by atoms with Crippen LogP contribution in [0, 0.1) is 11.3 Å². The number of rotatable bonds is 12. The van der Waals surface area contributed by atoms with Gasteiger partial charge in [0.25, 0.3) is 5.56 Å². The van der Waals surface area contributed by atoms with Crippen LogP contribution in [0.25, 0.3) is 11.2 Å². The first kappa shape index (κ1) is 22.0. The first-order chi connectivity index (χ1) is 13.4. The second kappa shape index (κ2) is 10.3. The van der Waals surface area contributed by atoms with Crippen molar-refractivity contribution in [2.75, 3.05) is 44.7 Å². The normalized spacial score (nSPS) is 11.9. The highest BCUT2D eigenvalue weighted by Gasteiger charge is 2.24. The first-order valence-electron chi connectivity index (χ1n) is 9.10. The second-order valence-electron chi connectivity index (χ2n) is 5.98. The van der Waals surface area contributed by atoms with Crippen LogP contribution in [-0.4, -0.2) is 63.4 Å². The summed E-state index contributed by atoms with van der Waals surface area (Å²) in [5, 5.41) is 8.91. The Hall–Kier alpha value is -2.25. The smallest absolute Gasteiger partial charge is 0.331 e. The molecule has 0 radical (unpaired) electrons.